The van der Waals surface area contributed by atoms with Crippen LogP contribution >= 0.6 is 0 Å². The predicted octanol–water partition coefficient (Wildman–Crippen LogP) is 2.65. The van der Waals surface area contributed by atoms with E-state index in [1.165, 1.54) is 5.56 Å². The van der Waals surface area contributed by atoms with Crippen LogP contribution in [-0.2, 0) is 4.79 Å². The van der Waals surface area contributed by atoms with Gasteiger partial charge in [0.1, 0.15) is 11.5 Å². The second-order valence-corrected chi connectivity index (χ2v) is 4.55. The quantitative estimate of drug-likeness (QED) is 0.803. The minimum atomic E-state index is 0.166. The third kappa shape index (κ3) is 2.78. The Morgan fingerprint density at radius 1 is 1.29 bits per heavy atom. The van der Waals surface area contributed by atoms with Crippen molar-refractivity contribution >= 4 is 11.5 Å². The van der Waals surface area contributed by atoms with Crippen LogP contribution in [0.25, 0.3) is 0 Å². The first-order chi connectivity index (χ1) is 7.88. The highest BCUT2D eigenvalue weighted by Gasteiger charge is 2.14. The maximum Gasteiger partial charge on any atom is 0.149 e. The number of aryl methyl sites for hydroxylation is 1. The summed E-state index contributed by atoms with van der Waals surface area (Å²) >= 11 is 0. The van der Waals surface area contributed by atoms with E-state index in [1.54, 1.807) is 14.0 Å². The van der Waals surface area contributed by atoms with Crippen molar-refractivity contribution in [3.05, 3.63) is 22.8 Å². The SMILES string of the molecule is COc1cc(C)c(N(C)CC(C)=O)c(C)c1C. The van der Waals surface area contributed by atoms with Gasteiger partial charge in [0, 0.05) is 12.7 Å². The first-order valence-electron chi connectivity index (χ1n) is 5.73. The van der Waals surface area contributed by atoms with Crippen molar-refractivity contribution in [2.75, 3.05) is 25.6 Å². The topological polar surface area (TPSA) is 29.5 Å². The molecule has 0 aliphatic carbocycles. The minimum absolute atomic E-state index is 0.166. The lowest BCUT2D eigenvalue weighted by atomic mass is 10.0. The molecule has 0 atom stereocenters. The molecule has 3 nitrogen and oxygen atoms in total. The van der Waals surface area contributed by atoms with Crippen molar-refractivity contribution in [1.29, 1.82) is 0 Å². The Morgan fingerprint density at radius 3 is 2.35 bits per heavy atom. The first-order valence-corrected chi connectivity index (χ1v) is 5.73. The number of benzene rings is 1. The third-order valence-corrected chi connectivity index (χ3v) is 3.07. The van der Waals surface area contributed by atoms with Gasteiger partial charge in [-0.25, -0.2) is 0 Å². The highest BCUT2D eigenvalue weighted by atomic mass is 16.5. The minimum Gasteiger partial charge on any atom is -0.496 e. The Hall–Kier alpha value is -1.51. The molecule has 0 N–H and O–H groups in total. The van der Waals surface area contributed by atoms with Crippen LogP contribution in [0.5, 0.6) is 5.75 Å². The van der Waals surface area contributed by atoms with E-state index in [0.29, 0.717) is 6.54 Å². The molecule has 1 rings (SSSR count). The van der Waals surface area contributed by atoms with E-state index in [1.807, 2.05) is 31.9 Å². The van der Waals surface area contributed by atoms with Crippen molar-refractivity contribution in [2.45, 2.75) is 27.7 Å². The third-order valence-electron chi connectivity index (χ3n) is 3.07. The molecule has 0 heterocycles. The number of ketones is 1. The zero-order valence-corrected chi connectivity index (χ0v) is 11.5. The molecule has 1 aromatic rings. The highest BCUT2D eigenvalue weighted by Crippen LogP contribution is 2.32. The highest BCUT2D eigenvalue weighted by molar-refractivity contribution is 5.82. The molecule has 0 spiro atoms. The van der Waals surface area contributed by atoms with Crippen molar-refractivity contribution in [3.63, 3.8) is 0 Å². The summed E-state index contributed by atoms with van der Waals surface area (Å²) in [5.74, 6) is 1.07. The van der Waals surface area contributed by atoms with Gasteiger partial charge in [0.2, 0.25) is 0 Å². The summed E-state index contributed by atoms with van der Waals surface area (Å²) in [6.45, 7) is 8.20. The van der Waals surface area contributed by atoms with Gasteiger partial charge in [-0.05, 0) is 50.5 Å². The number of likely N-dealkylation sites (N-methyl/N-ethyl adjacent to an activating group) is 1. The van der Waals surface area contributed by atoms with E-state index in [4.69, 9.17) is 4.74 Å². The monoisotopic (exact) mass is 235 g/mol. The van der Waals surface area contributed by atoms with Gasteiger partial charge in [-0.3, -0.25) is 4.79 Å². The fourth-order valence-corrected chi connectivity index (χ4v) is 2.24. The van der Waals surface area contributed by atoms with Gasteiger partial charge in [-0.1, -0.05) is 0 Å². The molecule has 0 aliphatic heterocycles. The molecule has 1 aromatic carbocycles. The average molecular weight is 235 g/mol. The Kier molecular flexibility index (Phi) is 4.16. The van der Waals surface area contributed by atoms with Crippen molar-refractivity contribution < 1.29 is 9.53 Å². The van der Waals surface area contributed by atoms with Gasteiger partial charge in [0.15, 0.2) is 0 Å². The molecular weight excluding hydrogens is 214 g/mol. The summed E-state index contributed by atoms with van der Waals surface area (Å²) in [5.41, 5.74) is 4.56. The van der Waals surface area contributed by atoms with E-state index < -0.39 is 0 Å². The fourth-order valence-electron chi connectivity index (χ4n) is 2.24. The zero-order chi connectivity index (χ0) is 13.2. The molecule has 0 amide bonds. The smallest absolute Gasteiger partial charge is 0.149 e. The Balaban J connectivity index is 3.25. The molecule has 0 bridgehead atoms. The van der Waals surface area contributed by atoms with Crippen LogP contribution in [0.2, 0.25) is 0 Å². The van der Waals surface area contributed by atoms with E-state index in [9.17, 15) is 4.79 Å². The van der Waals surface area contributed by atoms with Crippen LogP contribution in [0, 0.1) is 20.8 Å². The first kappa shape index (κ1) is 13.6. The van der Waals surface area contributed by atoms with Crippen molar-refractivity contribution in [3.8, 4) is 5.75 Å². The molecule has 0 radical (unpaired) electrons. The largest absolute Gasteiger partial charge is 0.496 e. The lowest BCUT2D eigenvalue weighted by Crippen LogP contribution is -2.25. The molecule has 0 aromatic heterocycles. The van der Waals surface area contributed by atoms with Gasteiger partial charge in [-0.15, -0.1) is 0 Å². The molecule has 0 unspecified atom stereocenters. The number of Topliss-reactive ketones (excluding diaryl/α,β-unsaturated/α-hetero) is 1. The number of carbonyl (C=O) groups is 1. The van der Waals surface area contributed by atoms with Gasteiger partial charge < -0.3 is 9.64 Å². The van der Waals surface area contributed by atoms with E-state index in [-0.39, 0.29) is 5.78 Å². The maximum absolute atomic E-state index is 11.2. The fraction of sp³-hybridized carbons (Fsp3) is 0.500. The second kappa shape index (κ2) is 5.21. The van der Waals surface area contributed by atoms with Gasteiger partial charge in [-0.2, -0.15) is 0 Å². The lowest BCUT2D eigenvalue weighted by molar-refractivity contribution is -0.115. The normalized spacial score (nSPS) is 10.2. The van der Waals surface area contributed by atoms with Crippen LogP contribution in [0.1, 0.15) is 23.6 Å². The molecular formula is C14H21NO2. The summed E-state index contributed by atoms with van der Waals surface area (Å²) in [6, 6.07) is 2.02. The molecule has 3 heteroatoms. The van der Waals surface area contributed by atoms with Gasteiger partial charge in [0.05, 0.1) is 13.7 Å². The molecule has 0 fully saturated rings. The summed E-state index contributed by atoms with van der Waals surface area (Å²) in [5, 5.41) is 0. The van der Waals surface area contributed by atoms with Crippen LogP contribution in [-0.4, -0.2) is 26.5 Å². The molecule has 0 saturated heterocycles. The summed E-state index contributed by atoms with van der Waals surface area (Å²) < 4.78 is 5.34. The predicted molar refractivity (Wildman–Crippen MR) is 71.2 cm³/mol. The van der Waals surface area contributed by atoms with Crippen molar-refractivity contribution in [1.82, 2.24) is 0 Å². The Bertz CT molecular complexity index is 438. The summed E-state index contributed by atoms with van der Waals surface area (Å²) in [4.78, 5) is 13.2. The van der Waals surface area contributed by atoms with Crippen LogP contribution in [0.15, 0.2) is 6.07 Å². The average Bonchev–Trinajstić information content (AvgIpc) is 2.22. The number of hydrogen-bond donors (Lipinski definition) is 0. The summed E-state index contributed by atoms with van der Waals surface area (Å²) in [6.07, 6.45) is 0. The number of ether oxygens (including phenoxy) is 1. The van der Waals surface area contributed by atoms with E-state index in [2.05, 4.69) is 6.92 Å². The zero-order valence-electron chi connectivity index (χ0n) is 11.5. The second-order valence-electron chi connectivity index (χ2n) is 4.55. The van der Waals surface area contributed by atoms with Crippen LogP contribution in [0.4, 0.5) is 5.69 Å². The maximum atomic E-state index is 11.2. The number of anilines is 1. The van der Waals surface area contributed by atoms with Gasteiger partial charge >= 0.3 is 0 Å². The standard InChI is InChI=1S/C14H21NO2/c1-9-7-13(17-6)11(3)12(4)14(9)15(5)8-10(2)16/h7H,8H2,1-6H3. The van der Waals surface area contributed by atoms with Gasteiger partial charge in [0.25, 0.3) is 0 Å². The lowest BCUT2D eigenvalue weighted by Gasteiger charge is -2.24. The number of carbonyl (C=O) groups excluding carboxylic acids is 1. The van der Waals surface area contributed by atoms with Crippen LogP contribution in [0.3, 0.4) is 0 Å². The number of rotatable bonds is 4. The Labute approximate surface area is 103 Å². The van der Waals surface area contributed by atoms with E-state index >= 15 is 0 Å². The summed E-state index contributed by atoms with van der Waals surface area (Å²) in [7, 11) is 3.63. The molecule has 0 aliphatic rings. The van der Waals surface area contributed by atoms with E-state index in [0.717, 1.165) is 22.6 Å². The number of nitrogens with zero attached hydrogens (tertiary/aromatic N) is 1. The van der Waals surface area contributed by atoms with Crippen molar-refractivity contribution in [2.24, 2.45) is 0 Å². The number of methoxy groups -OCH3 is 1. The molecule has 0 saturated carbocycles. The Morgan fingerprint density at radius 2 is 1.88 bits per heavy atom. The number of hydrogen-bond acceptors (Lipinski definition) is 3. The van der Waals surface area contributed by atoms with Crippen LogP contribution < -0.4 is 9.64 Å². The molecule has 94 valence electrons. The molecule has 17 heavy (non-hydrogen) atoms.